The van der Waals surface area contributed by atoms with E-state index < -0.39 is 0 Å². The van der Waals surface area contributed by atoms with Gasteiger partial charge in [0.25, 0.3) is 0 Å². The third-order valence-electron chi connectivity index (χ3n) is 3.97. The number of nitrogens with one attached hydrogen (secondary N) is 1. The van der Waals surface area contributed by atoms with Crippen molar-refractivity contribution >= 4 is 11.3 Å². The smallest absolute Gasteiger partial charge is 0.0959 e. The van der Waals surface area contributed by atoms with Gasteiger partial charge in [-0.25, -0.2) is 4.98 Å². The fraction of sp³-hybridized carbons (Fsp3) is 0.769. The molecule has 2 N–H and O–H groups in total. The summed E-state index contributed by atoms with van der Waals surface area (Å²) in [5, 5.41) is 14.3. The second-order valence-corrected chi connectivity index (χ2v) is 6.79. The van der Waals surface area contributed by atoms with E-state index in [2.05, 4.69) is 17.2 Å². The maximum Gasteiger partial charge on any atom is 0.0959 e. The number of nitrogens with zero attached hydrogens (tertiary/aromatic N) is 1. The number of rotatable bonds is 6. The first-order valence-electron chi connectivity index (χ1n) is 6.52. The largest absolute Gasteiger partial charge is 0.394 e. The van der Waals surface area contributed by atoms with Gasteiger partial charge in [0.2, 0.25) is 0 Å². The van der Waals surface area contributed by atoms with Crippen molar-refractivity contribution in [2.24, 2.45) is 5.92 Å². The van der Waals surface area contributed by atoms with Gasteiger partial charge in [-0.15, -0.1) is 11.3 Å². The SMILES string of the molecule is CC(CO)(NCc1cnc(C2CC2)s1)C1CC1. The van der Waals surface area contributed by atoms with Crippen LogP contribution in [0.15, 0.2) is 6.20 Å². The van der Waals surface area contributed by atoms with E-state index in [1.807, 2.05) is 17.5 Å². The summed E-state index contributed by atoms with van der Waals surface area (Å²) in [5.41, 5.74) is -0.0935. The summed E-state index contributed by atoms with van der Waals surface area (Å²) < 4.78 is 0. The van der Waals surface area contributed by atoms with Crippen molar-refractivity contribution in [3.63, 3.8) is 0 Å². The van der Waals surface area contributed by atoms with Crippen LogP contribution in [0.5, 0.6) is 0 Å². The van der Waals surface area contributed by atoms with E-state index in [-0.39, 0.29) is 12.1 Å². The molecule has 17 heavy (non-hydrogen) atoms. The van der Waals surface area contributed by atoms with Gasteiger partial charge in [0, 0.05) is 29.1 Å². The summed E-state index contributed by atoms with van der Waals surface area (Å²) in [5.74, 6) is 1.41. The number of thiazole rings is 1. The molecule has 0 radical (unpaired) electrons. The van der Waals surface area contributed by atoms with E-state index in [0.29, 0.717) is 5.92 Å². The second kappa shape index (κ2) is 4.34. The maximum atomic E-state index is 9.50. The van der Waals surface area contributed by atoms with Crippen LogP contribution in [0, 0.1) is 5.92 Å². The Morgan fingerprint density at radius 2 is 2.24 bits per heavy atom. The zero-order valence-electron chi connectivity index (χ0n) is 10.3. The topological polar surface area (TPSA) is 45.1 Å². The van der Waals surface area contributed by atoms with Crippen molar-refractivity contribution in [2.45, 2.75) is 50.6 Å². The van der Waals surface area contributed by atoms with Crippen LogP contribution in [-0.2, 0) is 6.54 Å². The Morgan fingerprint density at radius 1 is 1.47 bits per heavy atom. The highest BCUT2D eigenvalue weighted by Crippen LogP contribution is 2.42. The van der Waals surface area contributed by atoms with E-state index in [4.69, 9.17) is 0 Å². The normalized spacial score (nSPS) is 23.6. The molecule has 0 aliphatic heterocycles. The quantitative estimate of drug-likeness (QED) is 0.816. The van der Waals surface area contributed by atoms with Crippen molar-refractivity contribution in [3.05, 3.63) is 16.1 Å². The van der Waals surface area contributed by atoms with Gasteiger partial charge in [-0.05, 0) is 38.5 Å². The van der Waals surface area contributed by atoms with Gasteiger partial charge in [-0.3, -0.25) is 0 Å². The molecule has 4 heteroatoms. The Kier molecular flexibility index (Phi) is 2.97. The minimum atomic E-state index is -0.0935. The molecule has 2 aliphatic carbocycles. The molecule has 2 fully saturated rings. The van der Waals surface area contributed by atoms with Crippen LogP contribution in [-0.4, -0.2) is 22.2 Å². The predicted molar refractivity (Wildman–Crippen MR) is 69.1 cm³/mol. The van der Waals surface area contributed by atoms with E-state index >= 15 is 0 Å². The Morgan fingerprint density at radius 3 is 2.82 bits per heavy atom. The van der Waals surface area contributed by atoms with Crippen LogP contribution in [0.4, 0.5) is 0 Å². The molecule has 2 saturated carbocycles. The summed E-state index contributed by atoms with van der Waals surface area (Å²) >= 11 is 1.83. The molecule has 0 aromatic carbocycles. The van der Waals surface area contributed by atoms with E-state index in [9.17, 15) is 5.11 Å². The highest BCUT2D eigenvalue weighted by atomic mass is 32.1. The Labute approximate surface area is 106 Å². The van der Waals surface area contributed by atoms with Gasteiger partial charge < -0.3 is 10.4 Å². The number of aromatic nitrogens is 1. The first-order chi connectivity index (χ1) is 8.21. The number of aliphatic hydroxyl groups is 1. The zero-order valence-corrected chi connectivity index (χ0v) is 11.1. The van der Waals surface area contributed by atoms with Gasteiger partial charge in [-0.1, -0.05) is 0 Å². The molecule has 1 unspecified atom stereocenters. The van der Waals surface area contributed by atoms with Crippen molar-refractivity contribution in [3.8, 4) is 0 Å². The first kappa shape index (κ1) is 11.6. The van der Waals surface area contributed by atoms with Gasteiger partial charge >= 0.3 is 0 Å². The summed E-state index contributed by atoms with van der Waals surface area (Å²) in [4.78, 5) is 5.78. The highest BCUT2D eigenvalue weighted by Gasteiger charge is 2.40. The molecule has 94 valence electrons. The molecule has 3 rings (SSSR count). The maximum absolute atomic E-state index is 9.50. The monoisotopic (exact) mass is 252 g/mol. The van der Waals surface area contributed by atoms with Crippen LogP contribution < -0.4 is 5.32 Å². The fourth-order valence-electron chi connectivity index (χ4n) is 2.26. The molecule has 3 nitrogen and oxygen atoms in total. The molecule has 0 saturated heterocycles. The molecule has 1 aromatic rings. The highest BCUT2D eigenvalue weighted by molar-refractivity contribution is 7.11. The lowest BCUT2D eigenvalue weighted by Gasteiger charge is -2.28. The molecule has 0 spiro atoms. The molecule has 0 bridgehead atoms. The molecule has 1 atom stereocenters. The number of hydrogen-bond acceptors (Lipinski definition) is 4. The van der Waals surface area contributed by atoms with Crippen LogP contribution in [0.2, 0.25) is 0 Å². The van der Waals surface area contributed by atoms with E-state index in [0.717, 1.165) is 12.5 Å². The number of hydrogen-bond donors (Lipinski definition) is 2. The van der Waals surface area contributed by atoms with Crippen LogP contribution in [0.3, 0.4) is 0 Å². The van der Waals surface area contributed by atoms with E-state index in [1.54, 1.807) is 0 Å². The molecule has 1 heterocycles. The summed E-state index contributed by atoms with van der Waals surface area (Å²) in [7, 11) is 0. The Bertz CT molecular complexity index is 398. The van der Waals surface area contributed by atoms with Gasteiger partial charge in [0.1, 0.15) is 0 Å². The van der Waals surface area contributed by atoms with Crippen molar-refractivity contribution in [1.82, 2.24) is 10.3 Å². The van der Waals surface area contributed by atoms with Crippen molar-refractivity contribution < 1.29 is 5.11 Å². The van der Waals surface area contributed by atoms with Crippen LogP contribution >= 0.6 is 11.3 Å². The standard InChI is InChI=1S/C13H20N2OS/c1-13(8-16,10-4-5-10)15-7-11-6-14-12(17-11)9-2-3-9/h6,9-10,15-16H,2-5,7-8H2,1H3. The predicted octanol–water partition coefficient (Wildman–Crippen LogP) is 2.27. The van der Waals surface area contributed by atoms with Crippen molar-refractivity contribution in [2.75, 3.05) is 6.61 Å². The third-order valence-corrected chi connectivity index (χ3v) is 5.13. The Hall–Kier alpha value is -0.450. The van der Waals surface area contributed by atoms with Crippen LogP contribution in [0.1, 0.15) is 48.4 Å². The third kappa shape index (κ3) is 2.54. The minimum absolute atomic E-state index is 0.0935. The zero-order chi connectivity index (χ0) is 11.9. The molecule has 2 aliphatic rings. The molecule has 1 aromatic heterocycles. The van der Waals surface area contributed by atoms with E-state index in [1.165, 1.54) is 35.6 Å². The lowest BCUT2D eigenvalue weighted by Crippen LogP contribution is -2.47. The molecule has 0 amide bonds. The molecular weight excluding hydrogens is 232 g/mol. The van der Waals surface area contributed by atoms with Gasteiger partial charge in [0.05, 0.1) is 11.6 Å². The first-order valence-corrected chi connectivity index (χ1v) is 7.33. The fourth-order valence-corrected chi connectivity index (χ4v) is 3.29. The Balaban J connectivity index is 1.58. The molecular formula is C13H20N2OS. The van der Waals surface area contributed by atoms with Gasteiger partial charge in [0.15, 0.2) is 0 Å². The van der Waals surface area contributed by atoms with Gasteiger partial charge in [-0.2, -0.15) is 0 Å². The lowest BCUT2D eigenvalue weighted by atomic mass is 9.97. The summed E-state index contributed by atoms with van der Waals surface area (Å²) in [6.45, 7) is 3.21. The summed E-state index contributed by atoms with van der Waals surface area (Å²) in [6, 6.07) is 0. The second-order valence-electron chi connectivity index (χ2n) is 5.64. The summed E-state index contributed by atoms with van der Waals surface area (Å²) in [6.07, 6.45) is 7.13. The lowest BCUT2D eigenvalue weighted by molar-refractivity contribution is 0.154. The number of aliphatic hydroxyl groups excluding tert-OH is 1. The average molecular weight is 252 g/mol. The van der Waals surface area contributed by atoms with Crippen LogP contribution in [0.25, 0.3) is 0 Å². The van der Waals surface area contributed by atoms with Crippen molar-refractivity contribution in [1.29, 1.82) is 0 Å². The minimum Gasteiger partial charge on any atom is -0.394 e. The average Bonchev–Trinajstić information content (AvgIpc) is 3.24.